The van der Waals surface area contributed by atoms with Crippen molar-refractivity contribution < 1.29 is 12.8 Å². The molecule has 1 fully saturated rings. The van der Waals surface area contributed by atoms with E-state index in [1.807, 2.05) is 16.7 Å². The fraction of sp³-hybridized carbons (Fsp3) is 0.538. The molecule has 4 nitrogen and oxygen atoms in total. The number of nitrogens with zero attached hydrogens (tertiary/aromatic N) is 1. The van der Waals surface area contributed by atoms with E-state index in [1.54, 1.807) is 6.07 Å². The molecular formula is C13H19FN2O2S2. The fourth-order valence-electron chi connectivity index (χ4n) is 2.21. The number of sulfonamides is 1. The van der Waals surface area contributed by atoms with Crippen molar-refractivity contribution in [1.29, 1.82) is 0 Å². The Bertz CT molecular complexity index is 578. The quantitative estimate of drug-likeness (QED) is 0.923. The highest BCUT2D eigenvalue weighted by Crippen LogP contribution is 2.28. The van der Waals surface area contributed by atoms with E-state index in [2.05, 4.69) is 11.6 Å². The molecule has 0 aromatic heterocycles. The Balaban J connectivity index is 2.26. The van der Waals surface area contributed by atoms with Crippen LogP contribution in [0.2, 0.25) is 0 Å². The molecule has 1 saturated heterocycles. The van der Waals surface area contributed by atoms with Gasteiger partial charge >= 0.3 is 0 Å². The summed E-state index contributed by atoms with van der Waals surface area (Å²) in [6.07, 6.45) is 1.05. The Hall–Kier alpha value is -0.790. The van der Waals surface area contributed by atoms with Crippen LogP contribution in [0.25, 0.3) is 0 Å². The van der Waals surface area contributed by atoms with Crippen LogP contribution in [0.4, 0.5) is 10.1 Å². The largest absolute Gasteiger partial charge is 0.367 e. The molecule has 0 unspecified atom stereocenters. The minimum absolute atomic E-state index is 0.0420. The average Bonchev–Trinajstić information content (AvgIpc) is 2.47. The first-order valence-corrected chi connectivity index (χ1v) is 9.10. The molecule has 1 heterocycles. The van der Waals surface area contributed by atoms with Crippen molar-refractivity contribution in [3.8, 4) is 0 Å². The second-order valence-electron chi connectivity index (χ2n) is 4.67. The smallest absolute Gasteiger partial charge is 0.240 e. The molecule has 0 spiro atoms. The van der Waals surface area contributed by atoms with Gasteiger partial charge in [-0.15, -0.1) is 0 Å². The summed E-state index contributed by atoms with van der Waals surface area (Å²) in [5, 5.41) is 0.504. The lowest BCUT2D eigenvalue weighted by Crippen LogP contribution is -2.38. The number of hydrogen-bond acceptors (Lipinski definition) is 4. The van der Waals surface area contributed by atoms with Crippen molar-refractivity contribution >= 4 is 27.5 Å². The van der Waals surface area contributed by atoms with Gasteiger partial charge in [-0.25, -0.2) is 17.5 Å². The lowest BCUT2D eigenvalue weighted by molar-refractivity contribution is 0.582. The van der Waals surface area contributed by atoms with Crippen molar-refractivity contribution in [2.45, 2.75) is 23.5 Å². The molecule has 1 aromatic rings. The summed E-state index contributed by atoms with van der Waals surface area (Å²) < 4.78 is 39.7. The van der Waals surface area contributed by atoms with Gasteiger partial charge in [-0.3, -0.25) is 0 Å². The zero-order valence-corrected chi connectivity index (χ0v) is 13.2. The number of anilines is 1. The van der Waals surface area contributed by atoms with Gasteiger partial charge in [0.25, 0.3) is 0 Å². The predicted molar refractivity (Wildman–Crippen MR) is 81.4 cm³/mol. The van der Waals surface area contributed by atoms with Crippen LogP contribution >= 0.6 is 11.8 Å². The zero-order valence-electron chi connectivity index (χ0n) is 11.6. The summed E-state index contributed by atoms with van der Waals surface area (Å²) in [6, 6.07) is 4.10. The van der Waals surface area contributed by atoms with Gasteiger partial charge in [0.15, 0.2) is 0 Å². The molecule has 1 aliphatic heterocycles. The molecule has 1 aromatic carbocycles. The van der Waals surface area contributed by atoms with Gasteiger partial charge in [0, 0.05) is 24.1 Å². The Labute approximate surface area is 123 Å². The predicted octanol–water partition coefficient (Wildman–Crippen LogP) is 2.07. The van der Waals surface area contributed by atoms with E-state index in [0.717, 1.165) is 31.3 Å². The molecule has 0 aliphatic carbocycles. The molecule has 1 atom stereocenters. The maximum atomic E-state index is 14.2. The maximum absolute atomic E-state index is 14.2. The number of nitrogens with one attached hydrogen (secondary N) is 1. The molecule has 2 rings (SSSR count). The van der Waals surface area contributed by atoms with E-state index in [9.17, 15) is 12.8 Å². The number of hydrogen-bond donors (Lipinski definition) is 1. The summed E-state index contributed by atoms with van der Waals surface area (Å²) >= 11 is 1.91. The zero-order chi connectivity index (χ0) is 14.8. The van der Waals surface area contributed by atoms with Crippen LogP contribution in [0.5, 0.6) is 0 Å². The first-order chi connectivity index (χ1) is 9.47. The highest BCUT2D eigenvalue weighted by Gasteiger charge is 2.22. The third-order valence-corrected chi connectivity index (χ3v) is 6.22. The summed E-state index contributed by atoms with van der Waals surface area (Å²) in [5.41, 5.74) is 0.485. The van der Waals surface area contributed by atoms with E-state index < -0.39 is 15.8 Å². The second-order valence-corrected chi connectivity index (χ2v) is 7.96. The van der Waals surface area contributed by atoms with E-state index in [-0.39, 0.29) is 4.90 Å². The van der Waals surface area contributed by atoms with Crippen molar-refractivity contribution in [3.63, 3.8) is 0 Å². The Morgan fingerprint density at radius 3 is 2.85 bits per heavy atom. The van der Waals surface area contributed by atoms with E-state index in [0.29, 0.717) is 10.9 Å². The minimum Gasteiger partial charge on any atom is -0.367 e. The first kappa shape index (κ1) is 15.6. The fourth-order valence-corrected chi connectivity index (χ4v) is 4.14. The molecule has 0 amide bonds. The average molecular weight is 318 g/mol. The number of benzene rings is 1. The highest BCUT2D eigenvalue weighted by molar-refractivity contribution is 8.00. The normalized spacial score (nSPS) is 20.1. The standard InChI is InChI=1S/C13H19FN2O2S2/c1-3-10-9-16(6-7-19-10)13-5-4-11(8-12(13)14)20(17,18)15-2/h4-5,8,10,15H,3,6-7,9H2,1-2H3/t10-/m0/s1. The molecule has 1 aliphatic rings. The second kappa shape index (κ2) is 6.32. The van der Waals surface area contributed by atoms with Crippen LogP contribution in [0, 0.1) is 5.82 Å². The van der Waals surface area contributed by atoms with Gasteiger partial charge in [0.1, 0.15) is 5.82 Å². The number of rotatable bonds is 4. The van der Waals surface area contributed by atoms with Gasteiger partial charge in [0.05, 0.1) is 10.6 Å². The van der Waals surface area contributed by atoms with E-state index in [1.165, 1.54) is 13.1 Å². The lowest BCUT2D eigenvalue weighted by Gasteiger charge is -2.33. The van der Waals surface area contributed by atoms with Crippen LogP contribution in [-0.4, -0.2) is 39.6 Å². The highest BCUT2D eigenvalue weighted by atomic mass is 32.2. The molecule has 0 bridgehead atoms. The summed E-state index contributed by atoms with van der Waals surface area (Å²) in [7, 11) is -2.28. The topological polar surface area (TPSA) is 49.4 Å². The minimum atomic E-state index is -3.60. The molecule has 7 heteroatoms. The van der Waals surface area contributed by atoms with Crippen LogP contribution in [0.15, 0.2) is 23.1 Å². The molecule has 20 heavy (non-hydrogen) atoms. The van der Waals surface area contributed by atoms with Gasteiger partial charge in [0.2, 0.25) is 10.0 Å². The van der Waals surface area contributed by atoms with Crippen molar-refractivity contribution in [2.24, 2.45) is 0 Å². The van der Waals surface area contributed by atoms with Gasteiger partial charge in [-0.05, 0) is 31.7 Å². The lowest BCUT2D eigenvalue weighted by atomic mass is 10.2. The molecule has 0 saturated carbocycles. The third-order valence-electron chi connectivity index (χ3n) is 3.43. The van der Waals surface area contributed by atoms with Gasteiger partial charge in [-0.2, -0.15) is 11.8 Å². The molecule has 0 radical (unpaired) electrons. The van der Waals surface area contributed by atoms with E-state index >= 15 is 0 Å². The number of halogens is 1. The summed E-state index contributed by atoms with van der Waals surface area (Å²) in [6.45, 7) is 3.71. The van der Waals surface area contributed by atoms with Crippen LogP contribution in [0.1, 0.15) is 13.3 Å². The molecule has 1 N–H and O–H groups in total. The van der Waals surface area contributed by atoms with E-state index in [4.69, 9.17) is 0 Å². The molecular weight excluding hydrogens is 299 g/mol. The summed E-state index contributed by atoms with van der Waals surface area (Å²) in [4.78, 5) is 1.95. The first-order valence-electron chi connectivity index (χ1n) is 6.57. The van der Waals surface area contributed by atoms with Gasteiger partial charge < -0.3 is 4.90 Å². The maximum Gasteiger partial charge on any atom is 0.240 e. The number of thioether (sulfide) groups is 1. The Morgan fingerprint density at radius 2 is 2.25 bits per heavy atom. The van der Waals surface area contributed by atoms with Crippen LogP contribution in [0.3, 0.4) is 0 Å². The van der Waals surface area contributed by atoms with Crippen molar-refractivity contribution in [1.82, 2.24) is 4.72 Å². The van der Waals surface area contributed by atoms with Crippen molar-refractivity contribution in [2.75, 3.05) is 30.8 Å². The Morgan fingerprint density at radius 1 is 1.50 bits per heavy atom. The van der Waals surface area contributed by atoms with Crippen LogP contribution < -0.4 is 9.62 Å². The van der Waals surface area contributed by atoms with Crippen molar-refractivity contribution in [3.05, 3.63) is 24.0 Å². The van der Waals surface area contributed by atoms with Crippen LogP contribution in [-0.2, 0) is 10.0 Å². The third kappa shape index (κ3) is 3.27. The SMILES string of the molecule is CC[C@H]1CN(c2ccc(S(=O)(=O)NC)cc2F)CCS1. The summed E-state index contributed by atoms with van der Waals surface area (Å²) in [5.74, 6) is 0.484. The molecule has 112 valence electrons. The monoisotopic (exact) mass is 318 g/mol. The Kier molecular flexibility index (Phi) is 4.93. The van der Waals surface area contributed by atoms with Gasteiger partial charge in [-0.1, -0.05) is 6.92 Å².